The lowest BCUT2D eigenvalue weighted by Crippen LogP contribution is -2.11. The number of hydrogen-bond donors (Lipinski definition) is 1. The first kappa shape index (κ1) is 23.4. The minimum atomic E-state index is -4.82. The molecule has 1 radical (unpaired) electrons. The number of methoxy groups -OCH3 is 1. The van der Waals surface area contributed by atoms with E-state index in [1.807, 2.05) is 30.3 Å². The van der Waals surface area contributed by atoms with Gasteiger partial charge in [0.05, 0.1) is 23.7 Å². The molecule has 0 spiro atoms. The summed E-state index contributed by atoms with van der Waals surface area (Å²) < 4.78 is 60.9. The number of carbonyl (C=O) groups is 1. The highest BCUT2D eigenvalue weighted by atomic mass is 19.4. The van der Waals surface area contributed by atoms with E-state index in [2.05, 4.69) is 6.07 Å². The maximum Gasteiger partial charge on any atom is 0.419 e. The van der Waals surface area contributed by atoms with E-state index in [9.17, 15) is 22.4 Å². The van der Waals surface area contributed by atoms with Gasteiger partial charge in [-0.15, -0.1) is 0 Å². The van der Waals surface area contributed by atoms with E-state index in [0.717, 1.165) is 23.3 Å². The number of nitrogens with zero attached hydrogens (tertiary/aromatic N) is 1. The molecule has 0 aliphatic rings. The summed E-state index contributed by atoms with van der Waals surface area (Å²) in [6.07, 6.45) is -4.82. The first-order valence-corrected chi connectivity index (χ1v) is 10.9. The van der Waals surface area contributed by atoms with Crippen LogP contribution in [0.2, 0.25) is 0 Å². The molecule has 4 aromatic carbocycles. The summed E-state index contributed by atoms with van der Waals surface area (Å²) in [6.45, 7) is 0.00544. The summed E-state index contributed by atoms with van der Waals surface area (Å²) in [4.78, 5) is 12.2. The number of ether oxygens (including phenoxy) is 1. The summed E-state index contributed by atoms with van der Waals surface area (Å²) in [6, 6.07) is 22.3. The molecule has 5 rings (SSSR count). The Bertz CT molecular complexity index is 1620. The number of fused-ring (bicyclic) bond motifs is 3. The topological polar surface area (TPSA) is 57.2 Å². The van der Waals surface area contributed by atoms with E-state index in [0.29, 0.717) is 27.6 Å². The van der Waals surface area contributed by atoms with Crippen molar-refractivity contribution in [2.45, 2.75) is 12.7 Å². The van der Waals surface area contributed by atoms with E-state index in [1.54, 1.807) is 35.9 Å². The molecule has 4 nitrogen and oxygen atoms in total. The van der Waals surface area contributed by atoms with Crippen LogP contribution in [0.5, 0.6) is 5.75 Å². The van der Waals surface area contributed by atoms with Crippen molar-refractivity contribution in [2.75, 3.05) is 7.11 Å². The molecule has 8 heteroatoms. The fraction of sp³-hybridized carbons (Fsp3) is 0.107. The zero-order chi connectivity index (χ0) is 25.6. The van der Waals surface area contributed by atoms with Gasteiger partial charge < -0.3 is 15.0 Å². The highest BCUT2D eigenvalue weighted by Gasteiger charge is 2.34. The van der Waals surface area contributed by atoms with Crippen molar-refractivity contribution in [3.05, 3.63) is 101 Å². The number of rotatable bonds is 5. The van der Waals surface area contributed by atoms with E-state index in [4.69, 9.17) is 10.5 Å². The van der Waals surface area contributed by atoms with Gasteiger partial charge >= 0.3 is 6.18 Å². The average molecular weight is 491 g/mol. The minimum Gasteiger partial charge on any atom is -0.497 e. The maximum atomic E-state index is 13.9. The molecular weight excluding hydrogens is 472 g/mol. The lowest BCUT2D eigenvalue weighted by atomic mass is 10.0. The smallest absolute Gasteiger partial charge is 0.419 e. The van der Waals surface area contributed by atoms with Crippen LogP contribution in [0.15, 0.2) is 72.8 Å². The molecule has 0 unspecified atom stereocenters. The first-order chi connectivity index (χ1) is 17.2. The fourth-order valence-corrected chi connectivity index (χ4v) is 4.45. The van der Waals surface area contributed by atoms with Crippen LogP contribution in [0.4, 0.5) is 17.6 Å². The van der Waals surface area contributed by atoms with Crippen molar-refractivity contribution in [1.29, 1.82) is 0 Å². The van der Waals surface area contributed by atoms with Crippen LogP contribution in [-0.2, 0) is 12.7 Å². The van der Waals surface area contributed by atoms with Gasteiger partial charge in [0.15, 0.2) is 0 Å². The maximum absolute atomic E-state index is 13.9. The monoisotopic (exact) mass is 491 g/mol. The van der Waals surface area contributed by atoms with Crippen LogP contribution >= 0.6 is 0 Å². The van der Waals surface area contributed by atoms with Crippen molar-refractivity contribution in [3.8, 4) is 16.9 Å². The zero-order valence-electron chi connectivity index (χ0n) is 19.0. The van der Waals surface area contributed by atoms with Crippen molar-refractivity contribution >= 4 is 27.7 Å². The lowest BCUT2D eigenvalue weighted by molar-refractivity contribution is -0.140. The Labute approximate surface area is 203 Å². The SMILES string of the molecule is COc1ccc(-c2c[c]c3c4c(C(N)=O)cccc4n(Cc4ccc(F)c(C(F)(F)F)c4)c3c2)cc1. The second-order valence-corrected chi connectivity index (χ2v) is 8.34. The van der Waals surface area contributed by atoms with Gasteiger partial charge in [-0.25, -0.2) is 4.39 Å². The standard InChI is InChI=1S/C28H19F4N2O2/c1-36-19-9-6-17(7-10-19)18-8-11-20-25(14-18)34(24-4-2-3-21(26(20)24)27(33)35)15-16-5-12-23(29)22(13-16)28(30,31)32/h2-10,12-14H,15H2,1H3,(H2,33,35). The molecular formula is C28H19F4N2O2. The number of primary amides is 1. The van der Waals surface area contributed by atoms with Gasteiger partial charge in [0.1, 0.15) is 11.6 Å². The van der Waals surface area contributed by atoms with Crippen molar-refractivity contribution < 1.29 is 27.1 Å². The van der Waals surface area contributed by atoms with Gasteiger partial charge in [-0.05, 0) is 71.3 Å². The molecule has 36 heavy (non-hydrogen) atoms. The number of alkyl halides is 3. The molecule has 0 bridgehead atoms. The van der Waals surface area contributed by atoms with E-state index in [-0.39, 0.29) is 17.7 Å². The van der Waals surface area contributed by atoms with Crippen LogP contribution in [0, 0.1) is 11.9 Å². The number of hydrogen-bond acceptors (Lipinski definition) is 2. The predicted octanol–water partition coefficient (Wildman–Crippen LogP) is 6.58. The first-order valence-electron chi connectivity index (χ1n) is 10.9. The molecule has 0 aliphatic heterocycles. The largest absolute Gasteiger partial charge is 0.497 e. The number of halogens is 4. The van der Waals surface area contributed by atoms with Crippen LogP contribution in [0.3, 0.4) is 0 Å². The molecule has 1 heterocycles. The summed E-state index contributed by atoms with van der Waals surface area (Å²) in [5.74, 6) is -1.27. The Hall–Kier alpha value is -4.33. The van der Waals surface area contributed by atoms with Crippen molar-refractivity contribution in [2.24, 2.45) is 5.73 Å². The molecule has 0 saturated carbocycles. The Morgan fingerprint density at radius 2 is 1.75 bits per heavy atom. The molecule has 181 valence electrons. The average Bonchev–Trinajstić information content (AvgIpc) is 3.17. The van der Waals surface area contributed by atoms with Crippen LogP contribution in [0.25, 0.3) is 32.9 Å². The molecule has 1 amide bonds. The van der Waals surface area contributed by atoms with Gasteiger partial charge in [0.25, 0.3) is 0 Å². The second-order valence-electron chi connectivity index (χ2n) is 8.34. The van der Waals surface area contributed by atoms with Crippen LogP contribution in [-0.4, -0.2) is 17.6 Å². The van der Waals surface area contributed by atoms with E-state index >= 15 is 0 Å². The Morgan fingerprint density at radius 1 is 1.00 bits per heavy atom. The highest BCUT2D eigenvalue weighted by Crippen LogP contribution is 2.36. The molecule has 5 aromatic rings. The van der Waals surface area contributed by atoms with Gasteiger partial charge in [0.2, 0.25) is 5.91 Å². The zero-order valence-corrected chi connectivity index (χ0v) is 19.0. The van der Waals surface area contributed by atoms with Crippen LogP contribution in [0.1, 0.15) is 21.5 Å². The molecule has 2 N–H and O–H groups in total. The Kier molecular flexibility index (Phi) is 5.67. The van der Waals surface area contributed by atoms with Crippen molar-refractivity contribution in [3.63, 3.8) is 0 Å². The molecule has 0 fully saturated rings. The summed E-state index contributed by atoms with van der Waals surface area (Å²) in [5.41, 5.74) is 7.75. The number of carbonyl (C=O) groups excluding carboxylic acids is 1. The Balaban J connectivity index is 1.74. The normalized spacial score (nSPS) is 11.8. The van der Waals surface area contributed by atoms with E-state index < -0.39 is 23.5 Å². The van der Waals surface area contributed by atoms with E-state index in [1.165, 1.54) is 6.07 Å². The van der Waals surface area contributed by atoms with Gasteiger partial charge in [0, 0.05) is 22.9 Å². The third-order valence-corrected chi connectivity index (χ3v) is 6.16. The highest BCUT2D eigenvalue weighted by molar-refractivity contribution is 6.18. The third-order valence-electron chi connectivity index (χ3n) is 6.16. The second kappa shape index (κ2) is 8.71. The Morgan fingerprint density at radius 3 is 2.42 bits per heavy atom. The van der Waals surface area contributed by atoms with Gasteiger partial charge in [-0.2, -0.15) is 13.2 Å². The summed E-state index contributed by atoms with van der Waals surface area (Å²) in [5, 5.41) is 1.16. The minimum absolute atomic E-state index is 0.00544. The number of nitrogens with two attached hydrogens (primary N) is 1. The number of benzene rings is 4. The van der Waals surface area contributed by atoms with Gasteiger partial charge in [-0.1, -0.05) is 24.3 Å². The molecule has 0 aliphatic carbocycles. The van der Waals surface area contributed by atoms with Crippen molar-refractivity contribution in [1.82, 2.24) is 4.57 Å². The van der Waals surface area contributed by atoms with Crippen LogP contribution < -0.4 is 10.5 Å². The quantitative estimate of drug-likeness (QED) is 0.283. The number of amides is 1. The predicted molar refractivity (Wildman–Crippen MR) is 129 cm³/mol. The summed E-state index contributed by atoms with van der Waals surface area (Å²) in [7, 11) is 1.57. The fourth-order valence-electron chi connectivity index (χ4n) is 4.45. The lowest BCUT2D eigenvalue weighted by Gasteiger charge is -2.13. The molecule has 1 aromatic heterocycles. The molecule has 0 saturated heterocycles. The molecule has 0 atom stereocenters. The number of aromatic nitrogens is 1. The third kappa shape index (κ3) is 4.04. The van der Waals surface area contributed by atoms with Gasteiger partial charge in [-0.3, -0.25) is 4.79 Å². The summed E-state index contributed by atoms with van der Waals surface area (Å²) >= 11 is 0.